The molecule has 2 heterocycles. The van der Waals surface area contributed by atoms with E-state index in [-0.39, 0.29) is 5.91 Å². The van der Waals surface area contributed by atoms with E-state index in [9.17, 15) is 4.79 Å². The normalized spacial score (nSPS) is 22.2. The Bertz CT molecular complexity index is 1050. The van der Waals surface area contributed by atoms with E-state index in [2.05, 4.69) is 29.2 Å². The average Bonchev–Trinajstić information content (AvgIpc) is 2.88. The first-order chi connectivity index (χ1) is 16.2. The van der Waals surface area contributed by atoms with Gasteiger partial charge in [-0.05, 0) is 68.2 Å². The Balaban J connectivity index is 1.42. The van der Waals surface area contributed by atoms with E-state index in [4.69, 9.17) is 10.7 Å². The van der Waals surface area contributed by atoms with Gasteiger partial charge in [0, 0.05) is 43.5 Å². The second-order valence-electron chi connectivity index (χ2n) is 9.54. The number of hydrogen-bond donors (Lipinski definition) is 1. The Hall–Kier alpha value is -2.92. The van der Waals surface area contributed by atoms with Gasteiger partial charge in [-0.25, -0.2) is 4.99 Å². The number of rotatable bonds is 4. The molecule has 1 amide bonds. The van der Waals surface area contributed by atoms with Crippen LogP contribution in [-0.2, 0) is 17.8 Å². The summed E-state index contributed by atoms with van der Waals surface area (Å²) in [6.07, 6.45) is 7.05. The van der Waals surface area contributed by atoms with Crippen LogP contribution < -0.4 is 5.73 Å². The second-order valence-corrected chi connectivity index (χ2v) is 9.54. The number of hydrogen-bond acceptors (Lipinski definition) is 4. The first-order valence-electron chi connectivity index (χ1n) is 12.4. The third kappa shape index (κ3) is 4.88. The Kier molecular flexibility index (Phi) is 6.58. The Labute approximate surface area is 197 Å². The van der Waals surface area contributed by atoms with E-state index in [0.717, 1.165) is 81.7 Å². The van der Waals surface area contributed by atoms with Gasteiger partial charge < -0.3 is 10.6 Å². The van der Waals surface area contributed by atoms with Crippen LogP contribution in [0.5, 0.6) is 0 Å². The largest absolute Gasteiger partial charge is 0.402 e. The molecular weight excluding hydrogens is 408 g/mol. The van der Waals surface area contributed by atoms with Crippen LogP contribution in [0.25, 0.3) is 0 Å². The Morgan fingerprint density at radius 1 is 0.879 bits per heavy atom. The van der Waals surface area contributed by atoms with Gasteiger partial charge in [-0.1, -0.05) is 42.5 Å². The molecule has 0 bridgehead atoms. The van der Waals surface area contributed by atoms with Gasteiger partial charge >= 0.3 is 0 Å². The molecule has 2 aromatic carbocycles. The summed E-state index contributed by atoms with van der Waals surface area (Å²) in [6, 6.07) is 19.0. The summed E-state index contributed by atoms with van der Waals surface area (Å²) in [7, 11) is 0. The van der Waals surface area contributed by atoms with Gasteiger partial charge in [-0.3, -0.25) is 9.69 Å². The number of amides is 1. The zero-order valence-electron chi connectivity index (χ0n) is 19.4. The number of likely N-dealkylation sites (tertiary alicyclic amines) is 1. The molecule has 0 saturated carbocycles. The van der Waals surface area contributed by atoms with E-state index in [1.54, 1.807) is 0 Å². The fraction of sp³-hybridized carbons (Fsp3) is 0.429. The van der Waals surface area contributed by atoms with Crippen LogP contribution in [0.2, 0.25) is 0 Å². The van der Waals surface area contributed by atoms with Crippen molar-refractivity contribution in [1.82, 2.24) is 9.80 Å². The fourth-order valence-electron chi connectivity index (χ4n) is 5.45. The Morgan fingerprint density at radius 2 is 1.61 bits per heavy atom. The van der Waals surface area contributed by atoms with Crippen molar-refractivity contribution in [1.29, 1.82) is 0 Å². The molecule has 33 heavy (non-hydrogen) atoms. The number of aliphatic imine (C=N–C) groups is 1. The van der Waals surface area contributed by atoms with Gasteiger partial charge in [0.25, 0.3) is 5.91 Å². The van der Waals surface area contributed by atoms with Gasteiger partial charge in [0.2, 0.25) is 0 Å². The molecule has 1 aliphatic carbocycles. The number of allylic oxidation sites excluding steroid dienone is 1. The summed E-state index contributed by atoms with van der Waals surface area (Å²) < 4.78 is 0. The van der Waals surface area contributed by atoms with Gasteiger partial charge in [-0.2, -0.15) is 0 Å². The maximum atomic E-state index is 13.7. The maximum absolute atomic E-state index is 13.7. The van der Waals surface area contributed by atoms with Gasteiger partial charge in [0.05, 0.1) is 5.69 Å². The highest BCUT2D eigenvalue weighted by Crippen LogP contribution is 2.32. The number of carbonyl (C=O) groups is 1. The van der Waals surface area contributed by atoms with Crippen molar-refractivity contribution in [3.8, 4) is 0 Å². The molecule has 5 rings (SSSR count). The minimum atomic E-state index is 0.0427. The lowest BCUT2D eigenvalue weighted by atomic mass is 9.86. The number of nitrogens with zero attached hydrogens (tertiary/aromatic N) is 3. The summed E-state index contributed by atoms with van der Waals surface area (Å²) in [5.41, 5.74) is 12.6. The van der Waals surface area contributed by atoms with Crippen LogP contribution in [0.15, 0.2) is 70.9 Å². The highest BCUT2D eigenvalue weighted by Gasteiger charge is 2.33. The number of piperidine rings is 1. The quantitative estimate of drug-likeness (QED) is 0.704. The van der Waals surface area contributed by atoms with Gasteiger partial charge in [-0.15, -0.1) is 0 Å². The van der Waals surface area contributed by atoms with Crippen molar-refractivity contribution in [2.45, 2.75) is 57.5 Å². The summed E-state index contributed by atoms with van der Waals surface area (Å²) in [6.45, 7) is 3.65. The Morgan fingerprint density at radius 3 is 2.39 bits per heavy atom. The fourth-order valence-corrected chi connectivity index (χ4v) is 5.45. The first-order valence-corrected chi connectivity index (χ1v) is 12.4. The summed E-state index contributed by atoms with van der Waals surface area (Å²) in [5, 5.41) is 0. The molecule has 0 aromatic heterocycles. The second kappa shape index (κ2) is 9.92. The first kappa shape index (κ1) is 21.9. The number of para-hydroxylation sites is 1. The predicted molar refractivity (Wildman–Crippen MR) is 133 cm³/mol. The van der Waals surface area contributed by atoms with E-state index in [1.165, 1.54) is 17.5 Å². The SMILES string of the molecule is NC1=C(C(=Nc2ccccc2)C(=O)N2CCCCC2)CC(N2CCc3ccccc3C2)CC1. The van der Waals surface area contributed by atoms with Gasteiger partial charge in [0.1, 0.15) is 5.71 Å². The molecule has 5 heteroatoms. The van der Waals surface area contributed by atoms with Crippen LogP contribution in [-0.4, -0.2) is 47.1 Å². The molecule has 1 fully saturated rings. The molecule has 2 N–H and O–H groups in total. The molecule has 1 saturated heterocycles. The van der Waals surface area contributed by atoms with E-state index in [1.807, 2.05) is 35.2 Å². The zero-order valence-corrected chi connectivity index (χ0v) is 19.4. The van der Waals surface area contributed by atoms with Gasteiger partial charge in [0.15, 0.2) is 0 Å². The summed E-state index contributed by atoms with van der Waals surface area (Å²) in [5.74, 6) is 0.0427. The molecule has 5 nitrogen and oxygen atoms in total. The molecule has 0 radical (unpaired) electrons. The third-order valence-corrected chi connectivity index (χ3v) is 7.38. The summed E-state index contributed by atoms with van der Waals surface area (Å²) in [4.78, 5) is 23.1. The van der Waals surface area contributed by atoms with Crippen molar-refractivity contribution in [3.05, 3.63) is 77.0 Å². The lowest BCUT2D eigenvalue weighted by molar-refractivity contribution is -0.124. The molecule has 3 aliphatic rings. The highest BCUT2D eigenvalue weighted by molar-refractivity contribution is 6.45. The van der Waals surface area contributed by atoms with Crippen LogP contribution in [0.1, 0.15) is 49.7 Å². The summed E-state index contributed by atoms with van der Waals surface area (Å²) >= 11 is 0. The standard InChI is InChI=1S/C28H34N4O/c29-26-14-13-24(32-18-15-21-9-5-6-10-22(21)20-32)19-25(26)27(30-23-11-3-1-4-12-23)28(33)31-16-7-2-8-17-31/h1,3-6,9-12,24H,2,7-8,13-20,29H2. The number of benzene rings is 2. The molecule has 2 aromatic rings. The van der Waals surface area contributed by atoms with Crippen molar-refractivity contribution < 1.29 is 4.79 Å². The predicted octanol–water partition coefficient (Wildman–Crippen LogP) is 4.60. The zero-order chi connectivity index (χ0) is 22.6. The third-order valence-electron chi connectivity index (χ3n) is 7.38. The number of carbonyl (C=O) groups excluding carboxylic acids is 1. The molecular formula is C28H34N4O. The van der Waals surface area contributed by atoms with Crippen molar-refractivity contribution in [2.24, 2.45) is 10.7 Å². The molecule has 2 aliphatic heterocycles. The van der Waals surface area contributed by atoms with Crippen molar-refractivity contribution in [3.63, 3.8) is 0 Å². The van der Waals surface area contributed by atoms with Crippen LogP contribution in [0.4, 0.5) is 5.69 Å². The smallest absolute Gasteiger partial charge is 0.272 e. The topological polar surface area (TPSA) is 61.9 Å². The lowest BCUT2D eigenvalue weighted by Crippen LogP contribution is -2.45. The number of fused-ring (bicyclic) bond motifs is 1. The van der Waals surface area contributed by atoms with E-state index < -0.39 is 0 Å². The number of nitrogens with two attached hydrogens (primary N) is 1. The minimum Gasteiger partial charge on any atom is -0.402 e. The molecule has 0 spiro atoms. The van der Waals surface area contributed by atoms with E-state index in [0.29, 0.717) is 11.8 Å². The monoisotopic (exact) mass is 442 g/mol. The van der Waals surface area contributed by atoms with Crippen LogP contribution in [0, 0.1) is 0 Å². The van der Waals surface area contributed by atoms with Crippen molar-refractivity contribution in [2.75, 3.05) is 19.6 Å². The molecule has 172 valence electrons. The molecule has 1 atom stereocenters. The minimum absolute atomic E-state index is 0.0427. The maximum Gasteiger partial charge on any atom is 0.272 e. The van der Waals surface area contributed by atoms with Crippen LogP contribution >= 0.6 is 0 Å². The van der Waals surface area contributed by atoms with E-state index >= 15 is 0 Å². The van der Waals surface area contributed by atoms with Crippen LogP contribution in [0.3, 0.4) is 0 Å². The van der Waals surface area contributed by atoms with Crippen molar-refractivity contribution >= 4 is 17.3 Å². The highest BCUT2D eigenvalue weighted by atomic mass is 16.2. The molecule has 1 unspecified atom stereocenters. The average molecular weight is 443 g/mol. The lowest BCUT2D eigenvalue weighted by Gasteiger charge is -2.39.